The molecular formula is C7H15ClN2O3S. The van der Waals surface area contributed by atoms with Gasteiger partial charge in [0.25, 0.3) is 5.24 Å². The van der Waals surface area contributed by atoms with Crippen molar-refractivity contribution in [2.45, 2.75) is 13.0 Å². The predicted molar refractivity (Wildman–Crippen MR) is 58.8 cm³/mol. The summed E-state index contributed by atoms with van der Waals surface area (Å²) in [5, 5.41) is 2.20. The number of nitrogens with two attached hydrogens (primary N) is 1. The topological polar surface area (TPSA) is 81.4 Å². The number of carbonyl (C=O) groups excluding carboxylic acids is 2. The van der Waals surface area contributed by atoms with E-state index < -0.39 is 12.0 Å². The number of amides is 1. The van der Waals surface area contributed by atoms with Gasteiger partial charge in [0, 0.05) is 12.8 Å². The molecule has 0 radical (unpaired) electrons. The van der Waals surface area contributed by atoms with Crippen molar-refractivity contribution >= 4 is 35.4 Å². The second-order valence-corrected chi connectivity index (χ2v) is 3.20. The maximum absolute atomic E-state index is 11.0. The number of thioether (sulfide) groups is 1. The Morgan fingerprint density at radius 2 is 2.14 bits per heavy atom. The SMILES string of the molecule is CCOC(=O)C(N)CSC(=O)NC.Cl. The number of ether oxygens (including phenoxy) is 1. The van der Waals surface area contributed by atoms with E-state index in [0.29, 0.717) is 6.61 Å². The van der Waals surface area contributed by atoms with E-state index in [9.17, 15) is 9.59 Å². The van der Waals surface area contributed by atoms with Gasteiger partial charge in [-0.2, -0.15) is 0 Å². The average Bonchev–Trinajstić information content (AvgIpc) is 2.13. The molecule has 1 amide bonds. The van der Waals surface area contributed by atoms with Gasteiger partial charge in [0.1, 0.15) is 6.04 Å². The molecule has 0 aromatic heterocycles. The summed E-state index contributed by atoms with van der Waals surface area (Å²) in [4.78, 5) is 21.7. The van der Waals surface area contributed by atoms with E-state index in [1.54, 1.807) is 6.92 Å². The lowest BCUT2D eigenvalue weighted by Crippen LogP contribution is -2.35. The van der Waals surface area contributed by atoms with Gasteiger partial charge in [-0.05, 0) is 6.92 Å². The third-order valence-corrected chi connectivity index (χ3v) is 2.18. The zero-order chi connectivity index (χ0) is 10.3. The van der Waals surface area contributed by atoms with Crippen LogP contribution in [0.25, 0.3) is 0 Å². The Morgan fingerprint density at radius 3 is 2.57 bits per heavy atom. The van der Waals surface area contributed by atoms with Crippen LogP contribution < -0.4 is 11.1 Å². The van der Waals surface area contributed by atoms with Crippen LogP contribution in [0.5, 0.6) is 0 Å². The van der Waals surface area contributed by atoms with Crippen LogP contribution in [0.15, 0.2) is 0 Å². The van der Waals surface area contributed by atoms with Gasteiger partial charge >= 0.3 is 5.97 Å². The largest absolute Gasteiger partial charge is 0.465 e. The van der Waals surface area contributed by atoms with Crippen molar-refractivity contribution in [1.29, 1.82) is 0 Å². The van der Waals surface area contributed by atoms with E-state index in [1.165, 1.54) is 7.05 Å². The van der Waals surface area contributed by atoms with Crippen LogP contribution in [0.2, 0.25) is 0 Å². The van der Waals surface area contributed by atoms with Gasteiger partial charge in [-0.1, -0.05) is 11.8 Å². The van der Waals surface area contributed by atoms with Crippen molar-refractivity contribution in [2.75, 3.05) is 19.4 Å². The Bertz CT molecular complexity index is 192. The molecule has 0 aliphatic carbocycles. The molecule has 0 fully saturated rings. The van der Waals surface area contributed by atoms with Gasteiger partial charge in [-0.3, -0.25) is 9.59 Å². The standard InChI is InChI=1S/C7H14N2O3S.ClH/c1-3-12-6(10)5(8)4-13-7(11)9-2;/h5H,3-4,8H2,1-2H3,(H,9,11);1H. The van der Waals surface area contributed by atoms with Crippen molar-refractivity contribution in [3.05, 3.63) is 0 Å². The van der Waals surface area contributed by atoms with E-state index in [-0.39, 0.29) is 23.4 Å². The van der Waals surface area contributed by atoms with Crippen molar-refractivity contribution in [3.63, 3.8) is 0 Å². The van der Waals surface area contributed by atoms with Gasteiger partial charge in [-0.15, -0.1) is 12.4 Å². The van der Waals surface area contributed by atoms with Crippen LogP contribution in [-0.2, 0) is 9.53 Å². The van der Waals surface area contributed by atoms with Gasteiger partial charge in [0.05, 0.1) is 6.61 Å². The molecule has 0 aliphatic heterocycles. The number of esters is 1. The molecule has 0 saturated heterocycles. The Kier molecular flexibility index (Phi) is 10.4. The summed E-state index contributed by atoms with van der Waals surface area (Å²) >= 11 is 0.963. The van der Waals surface area contributed by atoms with Crippen LogP contribution in [-0.4, -0.2) is 36.7 Å². The van der Waals surface area contributed by atoms with E-state index in [4.69, 9.17) is 5.73 Å². The molecule has 14 heavy (non-hydrogen) atoms. The summed E-state index contributed by atoms with van der Waals surface area (Å²) in [6, 6.07) is -0.734. The second-order valence-electron chi connectivity index (χ2n) is 2.21. The highest BCUT2D eigenvalue weighted by atomic mass is 35.5. The quantitative estimate of drug-likeness (QED) is 0.697. The minimum absolute atomic E-state index is 0. The Hall–Kier alpha value is -0.460. The third-order valence-electron chi connectivity index (χ3n) is 1.19. The van der Waals surface area contributed by atoms with E-state index in [1.807, 2.05) is 0 Å². The van der Waals surface area contributed by atoms with Crippen molar-refractivity contribution in [1.82, 2.24) is 5.32 Å². The van der Waals surface area contributed by atoms with Crippen LogP contribution in [0.4, 0.5) is 4.79 Å². The first-order valence-electron chi connectivity index (χ1n) is 3.88. The molecule has 84 valence electrons. The highest BCUT2D eigenvalue weighted by Gasteiger charge is 2.15. The van der Waals surface area contributed by atoms with Crippen molar-refractivity contribution in [2.24, 2.45) is 5.73 Å². The van der Waals surface area contributed by atoms with Crippen LogP contribution in [0.3, 0.4) is 0 Å². The lowest BCUT2D eigenvalue weighted by molar-refractivity contribution is -0.144. The molecular weight excluding hydrogens is 228 g/mol. The normalized spacial score (nSPS) is 11.1. The molecule has 1 unspecified atom stereocenters. The zero-order valence-corrected chi connectivity index (χ0v) is 9.74. The smallest absolute Gasteiger partial charge is 0.323 e. The van der Waals surface area contributed by atoms with E-state index in [2.05, 4.69) is 10.1 Å². The Labute approximate surface area is 93.5 Å². The fraction of sp³-hybridized carbons (Fsp3) is 0.714. The first-order valence-corrected chi connectivity index (χ1v) is 4.87. The summed E-state index contributed by atoms with van der Waals surface area (Å²) in [5.74, 6) is -0.239. The molecule has 5 nitrogen and oxygen atoms in total. The minimum atomic E-state index is -0.734. The number of hydrogen-bond donors (Lipinski definition) is 2. The van der Waals surface area contributed by atoms with E-state index in [0.717, 1.165) is 11.8 Å². The number of rotatable bonds is 4. The minimum Gasteiger partial charge on any atom is -0.465 e. The molecule has 0 spiro atoms. The summed E-state index contributed by atoms with van der Waals surface area (Å²) in [6.45, 7) is 2.01. The van der Waals surface area contributed by atoms with Crippen molar-refractivity contribution < 1.29 is 14.3 Å². The average molecular weight is 243 g/mol. The lowest BCUT2D eigenvalue weighted by atomic mass is 10.4. The molecule has 3 N–H and O–H groups in total. The third kappa shape index (κ3) is 6.99. The van der Waals surface area contributed by atoms with Crippen LogP contribution in [0, 0.1) is 0 Å². The fourth-order valence-corrected chi connectivity index (χ4v) is 1.17. The predicted octanol–water partition coefficient (Wildman–Crippen LogP) is 0.371. The number of carbonyl (C=O) groups is 2. The maximum Gasteiger partial charge on any atom is 0.323 e. The summed E-state index contributed by atoms with van der Waals surface area (Å²) in [7, 11) is 1.52. The zero-order valence-electron chi connectivity index (χ0n) is 8.11. The Morgan fingerprint density at radius 1 is 1.57 bits per heavy atom. The fourth-order valence-electron chi connectivity index (χ4n) is 0.555. The summed E-state index contributed by atoms with van der Waals surface area (Å²) in [6.07, 6.45) is 0. The molecule has 7 heteroatoms. The number of halogens is 1. The lowest BCUT2D eigenvalue weighted by Gasteiger charge is -2.08. The first kappa shape index (κ1) is 16.0. The van der Waals surface area contributed by atoms with Gasteiger partial charge in [-0.25, -0.2) is 0 Å². The summed E-state index contributed by atoms with van der Waals surface area (Å²) in [5.41, 5.74) is 5.43. The first-order chi connectivity index (χ1) is 6.11. The number of hydrogen-bond acceptors (Lipinski definition) is 5. The monoisotopic (exact) mass is 242 g/mol. The van der Waals surface area contributed by atoms with Crippen molar-refractivity contribution in [3.8, 4) is 0 Å². The molecule has 0 bridgehead atoms. The number of nitrogens with one attached hydrogen (secondary N) is 1. The molecule has 0 aromatic carbocycles. The van der Waals surface area contributed by atoms with Gasteiger partial charge in [0.15, 0.2) is 0 Å². The second kappa shape index (κ2) is 9.11. The molecule has 1 atom stereocenters. The molecule has 0 aliphatic rings. The van der Waals surface area contributed by atoms with Crippen LogP contribution in [0.1, 0.15) is 6.92 Å². The maximum atomic E-state index is 11.0. The van der Waals surface area contributed by atoms with E-state index >= 15 is 0 Å². The Balaban J connectivity index is 0. The summed E-state index contributed by atoms with van der Waals surface area (Å²) < 4.78 is 4.66. The van der Waals surface area contributed by atoms with Gasteiger partial charge < -0.3 is 15.8 Å². The molecule has 0 heterocycles. The highest BCUT2D eigenvalue weighted by molar-refractivity contribution is 8.13. The highest BCUT2D eigenvalue weighted by Crippen LogP contribution is 2.03. The molecule has 0 saturated carbocycles. The molecule has 0 aromatic rings. The molecule has 0 rings (SSSR count). The van der Waals surface area contributed by atoms with Gasteiger partial charge in [0.2, 0.25) is 0 Å². The van der Waals surface area contributed by atoms with Crippen LogP contribution >= 0.6 is 24.2 Å².